The van der Waals surface area contributed by atoms with Crippen LogP contribution in [0, 0.1) is 5.92 Å². The number of benzene rings is 1. The van der Waals surface area contributed by atoms with E-state index in [1.165, 1.54) is 16.4 Å². The summed E-state index contributed by atoms with van der Waals surface area (Å²) in [5.41, 5.74) is 0.653. The minimum absolute atomic E-state index is 0.0837. The molecule has 25 heavy (non-hydrogen) atoms. The third kappa shape index (κ3) is 4.65. The lowest BCUT2D eigenvalue weighted by Crippen LogP contribution is -2.42. The molecule has 0 aromatic heterocycles. The Bertz CT molecular complexity index is 723. The van der Waals surface area contributed by atoms with Crippen LogP contribution in [-0.4, -0.2) is 44.4 Å². The quantitative estimate of drug-likeness (QED) is 0.783. The number of aliphatic hydroxyl groups excluding tert-OH is 1. The summed E-state index contributed by atoms with van der Waals surface area (Å²) in [6.45, 7) is 4.15. The molecule has 0 spiro atoms. The molecular weight excluding hydrogens is 364 g/mol. The summed E-state index contributed by atoms with van der Waals surface area (Å²) < 4.78 is 25.9. The highest BCUT2D eigenvalue weighted by Gasteiger charge is 2.28. The smallest absolute Gasteiger partial charge is 0.251 e. The Labute approximate surface area is 154 Å². The lowest BCUT2D eigenvalue weighted by molar-refractivity contribution is 0.0891. The molecule has 1 heterocycles. The normalized spacial score (nSPS) is 19.3. The first-order chi connectivity index (χ1) is 11.8. The number of carbonyl (C=O) groups excluding carboxylic acids is 1. The van der Waals surface area contributed by atoms with Gasteiger partial charge in [0.25, 0.3) is 5.91 Å². The Balaban J connectivity index is 2.27. The molecule has 1 saturated heterocycles. The van der Waals surface area contributed by atoms with E-state index in [-0.39, 0.29) is 30.2 Å². The van der Waals surface area contributed by atoms with E-state index in [1.54, 1.807) is 6.07 Å². The third-order valence-corrected chi connectivity index (χ3v) is 6.85. The van der Waals surface area contributed by atoms with Crippen LogP contribution in [0.25, 0.3) is 0 Å². The first kappa shape index (κ1) is 20.0. The number of rotatable bonds is 6. The number of amides is 1. The summed E-state index contributed by atoms with van der Waals surface area (Å²) in [6, 6.07) is 4.25. The number of anilines is 1. The van der Waals surface area contributed by atoms with E-state index in [0.29, 0.717) is 29.2 Å². The number of aliphatic hydroxyl groups is 1. The van der Waals surface area contributed by atoms with Gasteiger partial charge in [0.05, 0.1) is 29.1 Å². The van der Waals surface area contributed by atoms with Crippen molar-refractivity contribution in [3.05, 3.63) is 28.8 Å². The van der Waals surface area contributed by atoms with Gasteiger partial charge in [-0.2, -0.15) is 0 Å². The average Bonchev–Trinajstić information content (AvgIpc) is 2.59. The monoisotopic (exact) mass is 388 g/mol. The van der Waals surface area contributed by atoms with Crippen molar-refractivity contribution >= 4 is 33.2 Å². The van der Waals surface area contributed by atoms with E-state index in [1.807, 2.05) is 13.8 Å². The Morgan fingerprint density at radius 2 is 2.12 bits per heavy atom. The highest BCUT2D eigenvalue weighted by Crippen LogP contribution is 2.31. The number of carbonyl (C=O) groups is 1. The van der Waals surface area contributed by atoms with E-state index in [9.17, 15) is 18.3 Å². The molecular formula is C17H25ClN2O4S. The van der Waals surface area contributed by atoms with Crippen LogP contribution in [0.5, 0.6) is 0 Å². The Morgan fingerprint density at radius 1 is 1.40 bits per heavy atom. The van der Waals surface area contributed by atoms with Crippen LogP contribution in [0.4, 0.5) is 5.69 Å². The summed E-state index contributed by atoms with van der Waals surface area (Å²) in [5, 5.41) is 12.6. The van der Waals surface area contributed by atoms with Crippen LogP contribution in [0.15, 0.2) is 18.2 Å². The fourth-order valence-electron chi connectivity index (χ4n) is 2.81. The molecule has 1 aromatic carbocycles. The first-order valence-electron chi connectivity index (χ1n) is 8.51. The molecule has 1 amide bonds. The molecule has 1 fully saturated rings. The minimum atomic E-state index is -3.41. The molecule has 1 aromatic rings. The maximum absolute atomic E-state index is 12.5. The van der Waals surface area contributed by atoms with Crippen molar-refractivity contribution in [2.45, 2.75) is 39.2 Å². The minimum Gasteiger partial charge on any atom is -0.394 e. The summed E-state index contributed by atoms with van der Waals surface area (Å²) in [5.74, 6) is -0.143. The van der Waals surface area contributed by atoms with Crippen LogP contribution in [0.3, 0.4) is 0 Å². The van der Waals surface area contributed by atoms with E-state index in [0.717, 1.165) is 12.8 Å². The fourth-order valence-corrected chi connectivity index (χ4v) is 4.73. The van der Waals surface area contributed by atoms with Gasteiger partial charge >= 0.3 is 0 Å². The van der Waals surface area contributed by atoms with Crippen LogP contribution >= 0.6 is 11.6 Å². The van der Waals surface area contributed by atoms with Gasteiger partial charge in [-0.3, -0.25) is 9.10 Å². The van der Waals surface area contributed by atoms with Crippen molar-refractivity contribution in [1.29, 1.82) is 0 Å². The molecule has 2 rings (SSSR count). The van der Waals surface area contributed by atoms with E-state index in [4.69, 9.17) is 11.6 Å². The van der Waals surface area contributed by atoms with Gasteiger partial charge in [-0.15, -0.1) is 0 Å². The van der Waals surface area contributed by atoms with Gasteiger partial charge in [-0.05, 0) is 37.0 Å². The zero-order valence-electron chi connectivity index (χ0n) is 14.5. The van der Waals surface area contributed by atoms with Crippen molar-refractivity contribution in [3.8, 4) is 0 Å². The molecule has 0 aliphatic carbocycles. The van der Waals surface area contributed by atoms with Gasteiger partial charge < -0.3 is 10.4 Å². The molecule has 140 valence electrons. The summed E-state index contributed by atoms with van der Waals surface area (Å²) in [7, 11) is -3.41. The van der Waals surface area contributed by atoms with Gasteiger partial charge in [0, 0.05) is 12.1 Å². The highest BCUT2D eigenvalue weighted by molar-refractivity contribution is 7.92. The second-order valence-corrected chi connectivity index (χ2v) is 8.83. The molecule has 1 aliphatic heterocycles. The molecule has 0 bridgehead atoms. The molecule has 1 aliphatic rings. The molecule has 2 atom stereocenters. The number of halogens is 1. The van der Waals surface area contributed by atoms with Gasteiger partial charge in [-0.1, -0.05) is 31.9 Å². The van der Waals surface area contributed by atoms with E-state index in [2.05, 4.69) is 5.32 Å². The second-order valence-electron chi connectivity index (χ2n) is 6.41. The van der Waals surface area contributed by atoms with Crippen molar-refractivity contribution in [2.24, 2.45) is 5.92 Å². The number of hydrogen-bond acceptors (Lipinski definition) is 4. The van der Waals surface area contributed by atoms with Crippen LogP contribution in [0.2, 0.25) is 5.02 Å². The van der Waals surface area contributed by atoms with Gasteiger partial charge in [0.15, 0.2) is 0 Å². The van der Waals surface area contributed by atoms with Crippen LogP contribution in [0.1, 0.15) is 43.5 Å². The standard InChI is InChI=1S/C17H25ClN2O4S/c1-3-12(2)15(11-21)19-17(22)13-6-7-14(18)16(10-13)20-8-4-5-9-25(20,23)24/h6-7,10,12,15,21H,3-5,8-9,11H2,1-2H3,(H,19,22)/t12-,15-/m0/s1. The topological polar surface area (TPSA) is 86.7 Å². The third-order valence-electron chi connectivity index (χ3n) is 4.67. The predicted molar refractivity (Wildman–Crippen MR) is 99.6 cm³/mol. The zero-order chi connectivity index (χ0) is 18.6. The molecule has 0 unspecified atom stereocenters. The van der Waals surface area contributed by atoms with Crippen molar-refractivity contribution in [2.75, 3.05) is 23.2 Å². The number of hydrogen-bond donors (Lipinski definition) is 2. The first-order valence-corrected chi connectivity index (χ1v) is 10.5. The van der Waals surface area contributed by atoms with Crippen molar-refractivity contribution in [1.82, 2.24) is 5.32 Å². The predicted octanol–water partition coefficient (Wildman–Crippen LogP) is 2.41. The largest absolute Gasteiger partial charge is 0.394 e. The lowest BCUT2D eigenvalue weighted by atomic mass is 9.99. The van der Waals surface area contributed by atoms with E-state index < -0.39 is 10.0 Å². The van der Waals surface area contributed by atoms with Gasteiger partial charge in [0.1, 0.15) is 0 Å². The second kappa shape index (κ2) is 8.38. The maximum atomic E-state index is 12.5. The SMILES string of the molecule is CC[C@H](C)[C@H](CO)NC(=O)c1ccc(Cl)c(N2CCCCS2(=O)=O)c1. The summed E-state index contributed by atoms with van der Waals surface area (Å²) >= 11 is 6.19. The summed E-state index contributed by atoms with van der Waals surface area (Å²) in [6.07, 6.45) is 2.21. The Kier molecular flexibility index (Phi) is 6.71. The Hall–Kier alpha value is -1.31. The van der Waals surface area contributed by atoms with Crippen LogP contribution < -0.4 is 9.62 Å². The molecule has 8 heteroatoms. The molecule has 0 saturated carbocycles. The number of sulfonamides is 1. The van der Waals surface area contributed by atoms with Crippen LogP contribution in [-0.2, 0) is 10.0 Å². The number of nitrogens with one attached hydrogen (secondary N) is 1. The van der Waals surface area contributed by atoms with Crippen molar-refractivity contribution in [3.63, 3.8) is 0 Å². The Morgan fingerprint density at radius 3 is 2.72 bits per heavy atom. The highest BCUT2D eigenvalue weighted by atomic mass is 35.5. The fraction of sp³-hybridized carbons (Fsp3) is 0.588. The van der Waals surface area contributed by atoms with Gasteiger partial charge in [0.2, 0.25) is 10.0 Å². The molecule has 2 N–H and O–H groups in total. The van der Waals surface area contributed by atoms with E-state index >= 15 is 0 Å². The lowest BCUT2D eigenvalue weighted by Gasteiger charge is -2.29. The molecule has 0 radical (unpaired) electrons. The van der Waals surface area contributed by atoms with Crippen molar-refractivity contribution < 1.29 is 18.3 Å². The number of nitrogens with zero attached hydrogens (tertiary/aromatic N) is 1. The maximum Gasteiger partial charge on any atom is 0.251 e. The zero-order valence-corrected chi connectivity index (χ0v) is 16.1. The summed E-state index contributed by atoms with van der Waals surface area (Å²) in [4.78, 5) is 12.5. The molecule has 6 nitrogen and oxygen atoms in total. The average molecular weight is 389 g/mol. The van der Waals surface area contributed by atoms with Gasteiger partial charge in [-0.25, -0.2) is 8.42 Å².